The van der Waals surface area contributed by atoms with Crippen molar-refractivity contribution in [1.29, 1.82) is 0 Å². The molecule has 0 unspecified atom stereocenters. The van der Waals surface area contributed by atoms with E-state index in [-0.39, 0.29) is 17.5 Å². The van der Waals surface area contributed by atoms with Crippen LogP contribution in [0.2, 0.25) is 0 Å². The minimum Gasteiger partial charge on any atom is -0.496 e. The number of ether oxygens (including phenoxy) is 1. The summed E-state index contributed by atoms with van der Waals surface area (Å²) in [5.41, 5.74) is 2.33. The summed E-state index contributed by atoms with van der Waals surface area (Å²) in [5, 5.41) is 4.63. The van der Waals surface area contributed by atoms with Crippen LogP contribution in [0.25, 0.3) is 16.8 Å². The highest BCUT2D eigenvalue weighted by atomic mass is 32.2. The number of methoxy groups -OCH3 is 1. The molecule has 3 aromatic rings. The molecule has 1 fully saturated rings. The Bertz CT molecular complexity index is 1140. The number of hydrogen-bond donors (Lipinski definition) is 0. The van der Waals surface area contributed by atoms with Crippen LogP contribution < -0.4 is 4.74 Å². The van der Waals surface area contributed by atoms with Crippen LogP contribution in [-0.4, -0.2) is 53.3 Å². The van der Waals surface area contributed by atoms with Crippen LogP contribution in [0.4, 0.5) is 4.39 Å². The van der Waals surface area contributed by atoms with Gasteiger partial charge in [-0.15, -0.1) is 0 Å². The summed E-state index contributed by atoms with van der Waals surface area (Å²) in [6, 6.07) is 8.19. The van der Waals surface area contributed by atoms with Crippen molar-refractivity contribution in [2.24, 2.45) is 0 Å². The fraction of sp³-hybridized carbons (Fsp3) is 0.400. The first-order valence-corrected chi connectivity index (χ1v) is 11.2. The van der Waals surface area contributed by atoms with Crippen LogP contribution in [0.3, 0.4) is 0 Å². The molecule has 0 bridgehead atoms. The van der Waals surface area contributed by atoms with Crippen LogP contribution in [0.15, 0.2) is 36.5 Å². The summed E-state index contributed by atoms with van der Waals surface area (Å²) in [5.74, 6) is 1.07. The Kier molecular flexibility index (Phi) is 5.26. The third kappa shape index (κ3) is 3.84. The van der Waals surface area contributed by atoms with Crippen molar-refractivity contribution >= 4 is 15.7 Å². The molecule has 0 amide bonds. The first-order valence-electron chi connectivity index (χ1n) is 9.59. The molecule has 1 aliphatic heterocycles. The molecular weight excluding hydrogens is 395 g/mol. The second kappa shape index (κ2) is 7.72. The molecule has 154 valence electrons. The molecule has 9 heteroatoms. The van der Waals surface area contributed by atoms with Gasteiger partial charge >= 0.3 is 0 Å². The summed E-state index contributed by atoms with van der Waals surface area (Å²) < 4.78 is 46.1. The summed E-state index contributed by atoms with van der Waals surface area (Å²) >= 11 is 0. The molecule has 1 saturated heterocycles. The van der Waals surface area contributed by atoms with Gasteiger partial charge in [-0.2, -0.15) is 5.10 Å². The van der Waals surface area contributed by atoms with E-state index in [2.05, 4.69) is 10.1 Å². The fourth-order valence-electron chi connectivity index (χ4n) is 3.71. The molecule has 0 N–H and O–H groups in total. The predicted octanol–water partition coefficient (Wildman–Crippen LogP) is 3.07. The first kappa shape index (κ1) is 19.8. The zero-order valence-electron chi connectivity index (χ0n) is 16.4. The Morgan fingerprint density at radius 2 is 1.97 bits per heavy atom. The number of hydrogen-bond acceptors (Lipinski definition) is 5. The van der Waals surface area contributed by atoms with Gasteiger partial charge in [0.15, 0.2) is 11.5 Å². The quantitative estimate of drug-likeness (QED) is 0.636. The number of benzene rings is 1. The van der Waals surface area contributed by atoms with Gasteiger partial charge in [0.25, 0.3) is 0 Å². The van der Waals surface area contributed by atoms with Gasteiger partial charge in [-0.25, -0.2) is 26.6 Å². The Hall–Kier alpha value is -2.52. The van der Waals surface area contributed by atoms with Gasteiger partial charge in [0.05, 0.1) is 12.9 Å². The molecule has 29 heavy (non-hydrogen) atoms. The van der Waals surface area contributed by atoms with Crippen molar-refractivity contribution in [3.8, 4) is 16.9 Å². The Labute approximate surface area is 169 Å². The number of halogens is 1. The van der Waals surface area contributed by atoms with E-state index in [0.29, 0.717) is 37.3 Å². The van der Waals surface area contributed by atoms with Gasteiger partial charge in [-0.05, 0) is 44.0 Å². The topological polar surface area (TPSA) is 76.8 Å². The van der Waals surface area contributed by atoms with Crippen LogP contribution in [0.5, 0.6) is 5.75 Å². The van der Waals surface area contributed by atoms with Gasteiger partial charge in [0, 0.05) is 42.4 Å². The highest BCUT2D eigenvalue weighted by Gasteiger charge is 2.29. The lowest BCUT2D eigenvalue weighted by atomic mass is 9.98. The smallest absolute Gasteiger partial charge is 0.213 e. The number of aromatic nitrogens is 3. The molecule has 0 atom stereocenters. The monoisotopic (exact) mass is 418 g/mol. The van der Waals surface area contributed by atoms with Gasteiger partial charge in [0.1, 0.15) is 11.6 Å². The standard InChI is InChI=1S/C20H23FN4O3S/c1-3-29(26,27)24-10-8-14(9-11-24)20-22-19-7-4-15(13-25(19)23-20)17-6-5-16(21)12-18(17)28-2/h4-7,12-14H,3,8-11H2,1-2H3. The average Bonchev–Trinajstić information content (AvgIpc) is 3.17. The SMILES string of the molecule is CCS(=O)(=O)N1CCC(c2nc3ccc(-c4ccc(F)cc4OC)cn3n2)CC1. The number of sulfonamides is 1. The number of fused-ring (bicyclic) bond motifs is 1. The molecule has 7 nitrogen and oxygen atoms in total. The van der Waals surface area contributed by atoms with E-state index in [1.165, 1.54) is 19.2 Å². The van der Waals surface area contributed by atoms with E-state index < -0.39 is 10.0 Å². The van der Waals surface area contributed by atoms with Crippen molar-refractivity contribution < 1.29 is 17.5 Å². The van der Waals surface area contributed by atoms with Crippen LogP contribution in [-0.2, 0) is 10.0 Å². The fourth-order valence-corrected chi connectivity index (χ4v) is 4.84. The van der Waals surface area contributed by atoms with Crippen LogP contribution >= 0.6 is 0 Å². The maximum absolute atomic E-state index is 13.5. The van der Waals surface area contributed by atoms with E-state index in [9.17, 15) is 12.8 Å². The maximum Gasteiger partial charge on any atom is 0.213 e. The van der Waals surface area contributed by atoms with E-state index in [1.807, 2.05) is 18.3 Å². The second-order valence-electron chi connectivity index (χ2n) is 7.11. The van der Waals surface area contributed by atoms with Gasteiger partial charge in [-0.3, -0.25) is 0 Å². The normalized spacial score (nSPS) is 16.4. The largest absolute Gasteiger partial charge is 0.496 e. The van der Waals surface area contributed by atoms with E-state index in [4.69, 9.17) is 4.74 Å². The minimum atomic E-state index is -3.15. The molecule has 3 heterocycles. The lowest BCUT2D eigenvalue weighted by Crippen LogP contribution is -2.38. The molecule has 2 aromatic heterocycles. The molecule has 0 spiro atoms. The van der Waals surface area contributed by atoms with Gasteiger partial charge < -0.3 is 4.74 Å². The molecular formula is C20H23FN4O3S. The van der Waals surface area contributed by atoms with E-state index in [1.54, 1.807) is 21.8 Å². The highest BCUT2D eigenvalue weighted by molar-refractivity contribution is 7.89. The molecule has 4 rings (SSSR count). The average molecular weight is 418 g/mol. The number of nitrogens with zero attached hydrogens (tertiary/aromatic N) is 4. The lowest BCUT2D eigenvalue weighted by Gasteiger charge is -2.29. The predicted molar refractivity (Wildman–Crippen MR) is 108 cm³/mol. The summed E-state index contributed by atoms with van der Waals surface area (Å²) in [6.07, 6.45) is 3.25. The van der Waals surface area contributed by atoms with Crippen molar-refractivity contribution in [3.05, 3.63) is 48.2 Å². The van der Waals surface area contributed by atoms with Crippen molar-refractivity contribution in [3.63, 3.8) is 0 Å². The molecule has 1 aliphatic rings. The number of pyridine rings is 1. The summed E-state index contributed by atoms with van der Waals surface area (Å²) in [7, 11) is -1.64. The number of piperidine rings is 1. The Balaban J connectivity index is 1.59. The van der Waals surface area contributed by atoms with Crippen molar-refractivity contribution in [2.45, 2.75) is 25.7 Å². The molecule has 0 radical (unpaired) electrons. The van der Waals surface area contributed by atoms with Crippen molar-refractivity contribution in [2.75, 3.05) is 26.0 Å². The van der Waals surface area contributed by atoms with Crippen molar-refractivity contribution in [1.82, 2.24) is 18.9 Å². The Morgan fingerprint density at radius 3 is 2.66 bits per heavy atom. The summed E-state index contributed by atoms with van der Waals surface area (Å²) in [4.78, 5) is 4.63. The van der Waals surface area contributed by atoms with Gasteiger partial charge in [-0.1, -0.05) is 0 Å². The zero-order valence-corrected chi connectivity index (χ0v) is 17.2. The molecule has 0 saturated carbocycles. The van der Waals surface area contributed by atoms with E-state index in [0.717, 1.165) is 17.0 Å². The third-order valence-corrected chi connectivity index (χ3v) is 7.28. The number of rotatable bonds is 5. The third-order valence-electron chi connectivity index (χ3n) is 5.40. The van der Waals surface area contributed by atoms with Gasteiger partial charge in [0.2, 0.25) is 10.0 Å². The van der Waals surface area contributed by atoms with E-state index >= 15 is 0 Å². The zero-order chi connectivity index (χ0) is 20.6. The first-order chi connectivity index (χ1) is 13.9. The minimum absolute atomic E-state index is 0.125. The second-order valence-corrected chi connectivity index (χ2v) is 9.37. The molecule has 1 aromatic carbocycles. The highest BCUT2D eigenvalue weighted by Crippen LogP contribution is 2.32. The lowest BCUT2D eigenvalue weighted by molar-refractivity contribution is 0.314. The summed E-state index contributed by atoms with van der Waals surface area (Å²) in [6.45, 7) is 2.65. The Morgan fingerprint density at radius 1 is 1.21 bits per heavy atom. The van der Waals surface area contributed by atoms with Crippen LogP contribution in [0, 0.1) is 5.82 Å². The van der Waals surface area contributed by atoms with Crippen LogP contribution in [0.1, 0.15) is 31.5 Å². The molecule has 0 aliphatic carbocycles. The maximum atomic E-state index is 13.5.